The number of pyridine rings is 1. The van der Waals surface area contributed by atoms with Crippen molar-refractivity contribution in [1.82, 2.24) is 25.0 Å². The van der Waals surface area contributed by atoms with E-state index in [1.165, 1.54) is 0 Å². The average molecular weight is 303 g/mol. The topological polar surface area (TPSA) is 63.1 Å². The maximum absolute atomic E-state index is 12.1. The Labute approximate surface area is 127 Å². The van der Waals surface area contributed by atoms with Gasteiger partial charge in [0.1, 0.15) is 0 Å². The molecule has 110 valence electrons. The summed E-state index contributed by atoms with van der Waals surface area (Å²) >= 11 is 1.89. The fourth-order valence-corrected chi connectivity index (χ4v) is 3.12. The molecule has 0 aromatic carbocycles. The van der Waals surface area contributed by atoms with Gasteiger partial charge >= 0.3 is 6.03 Å². The third kappa shape index (κ3) is 3.36. The lowest BCUT2D eigenvalue weighted by atomic mass is 10.2. The number of thioether (sulfide) groups is 1. The van der Waals surface area contributed by atoms with E-state index in [1.807, 2.05) is 41.1 Å². The van der Waals surface area contributed by atoms with Gasteiger partial charge in [-0.05, 0) is 12.1 Å². The van der Waals surface area contributed by atoms with E-state index in [1.54, 1.807) is 17.1 Å². The summed E-state index contributed by atoms with van der Waals surface area (Å²) in [6, 6.07) is 5.66. The van der Waals surface area contributed by atoms with E-state index in [0.29, 0.717) is 6.54 Å². The molecule has 21 heavy (non-hydrogen) atoms. The van der Waals surface area contributed by atoms with Crippen LogP contribution in [0.1, 0.15) is 5.56 Å². The number of carbonyl (C=O) groups excluding carboxylic acids is 1. The molecule has 0 unspecified atom stereocenters. The summed E-state index contributed by atoms with van der Waals surface area (Å²) in [4.78, 5) is 18.3. The van der Waals surface area contributed by atoms with Gasteiger partial charge in [-0.1, -0.05) is 6.07 Å². The molecule has 0 saturated carbocycles. The van der Waals surface area contributed by atoms with Crippen molar-refractivity contribution in [3.05, 3.63) is 42.4 Å². The predicted molar refractivity (Wildman–Crippen MR) is 82.5 cm³/mol. The fraction of sp³-hybridized carbons (Fsp3) is 0.357. The third-order valence-electron chi connectivity index (χ3n) is 3.32. The second kappa shape index (κ2) is 6.62. The lowest BCUT2D eigenvalue weighted by Crippen LogP contribution is -2.44. The summed E-state index contributed by atoms with van der Waals surface area (Å²) in [5.74, 6) is 2.77. The Morgan fingerprint density at radius 3 is 2.90 bits per heavy atom. The summed E-state index contributed by atoms with van der Waals surface area (Å²) in [6.45, 7) is 2.08. The number of carbonyl (C=O) groups is 1. The number of rotatable bonds is 3. The number of urea groups is 1. The zero-order chi connectivity index (χ0) is 14.5. The molecule has 0 spiro atoms. The van der Waals surface area contributed by atoms with E-state index in [4.69, 9.17) is 0 Å². The second-order valence-electron chi connectivity index (χ2n) is 4.69. The fourth-order valence-electron chi connectivity index (χ4n) is 2.22. The normalized spacial score (nSPS) is 15.0. The third-order valence-corrected chi connectivity index (χ3v) is 4.26. The maximum Gasteiger partial charge on any atom is 0.317 e. The highest BCUT2D eigenvalue weighted by molar-refractivity contribution is 7.99. The molecule has 1 fully saturated rings. The first-order valence-corrected chi connectivity index (χ1v) is 8.04. The van der Waals surface area contributed by atoms with Crippen molar-refractivity contribution in [1.29, 1.82) is 0 Å². The molecule has 0 atom stereocenters. The van der Waals surface area contributed by atoms with E-state index < -0.39 is 0 Å². The van der Waals surface area contributed by atoms with Crippen LogP contribution in [0.15, 0.2) is 36.8 Å². The molecule has 2 aromatic heterocycles. The van der Waals surface area contributed by atoms with E-state index in [2.05, 4.69) is 15.4 Å². The Bertz CT molecular complexity index is 595. The molecule has 1 N–H and O–H groups in total. The molecule has 1 aliphatic heterocycles. The van der Waals surface area contributed by atoms with Crippen molar-refractivity contribution in [2.24, 2.45) is 0 Å². The van der Waals surface area contributed by atoms with Gasteiger partial charge < -0.3 is 10.2 Å². The quantitative estimate of drug-likeness (QED) is 0.934. The Hall–Kier alpha value is -2.02. The van der Waals surface area contributed by atoms with Gasteiger partial charge in [-0.2, -0.15) is 16.9 Å². The molecule has 1 saturated heterocycles. The molecular formula is C14H17N5OS. The molecule has 7 heteroatoms. The molecule has 0 radical (unpaired) electrons. The molecule has 2 amide bonds. The zero-order valence-electron chi connectivity index (χ0n) is 11.6. The van der Waals surface area contributed by atoms with Gasteiger partial charge in [0.25, 0.3) is 0 Å². The minimum absolute atomic E-state index is 0.00873. The van der Waals surface area contributed by atoms with E-state index in [-0.39, 0.29) is 6.03 Å². The van der Waals surface area contributed by atoms with Gasteiger partial charge in [0, 0.05) is 55.3 Å². The van der Waals surface area contributed by atoms with Crippen LogP contribution < -0.4 is 5.32 Å². The van der Waals surface area contributed by atoms with Gasteiger partial charge in [-0.25, -0.2) is 14.5 Å². The van der Waals surface area contributed by atoms with Crippen molar-refractivity contribution in [2.75, 3.05) is 24.6 Å². The molecule has 3 heterocycles. The van der Waals surface area contributed by atoms with Crippen LogP contribution in [-0.4, -0.2) is 50.3 Å². The van der Waals surface area contributed by atoms with Crippen molar-refractivity contribution in [2.45, 2.75) is 6.54 Å². The molecular weight excluding hydrogens is 286 g/mol. The number of nitrogens with one attached hydrogen (secondary N) is 1. The van der Waals surface area contributed by atoms with Crippen LogP contribution in [0, 0.1) is 0 Å². The van der Waals surface area contributed by atoms with E-state index in [0.717, 1.165) is 36.0 Å². The van der Waals surface area contributed by atoms with Gasteiger partial charge in [0.05, 0.1) is 0 Å². The number of nitrogens with zero attached hydrogens (tertiary/aromatic N) is 4. The van der Waals surface area contributed by atoms with Gasteiger partial charge in [0.2, 0.25) is 0 Å². The molecule has 6 nitrogen and oxygen atoms in total. The predicted octanol–water partition coefficient (Wildman–Crippen LogP) is 1.53. The summed E-state index contributed by atoms with van der Waals surface area (Å²) in [6.07, 6.45) is 5.28. The van der Waals surface area contributed by atoms with Crippen LogP contribution in [0.3, 0.4) is 0 Å². The first-order chi connectivity index (χ1) is 10.3. The van der Waals surface area contributed by atoms with E-state index >= 15 is 0 Å². The SMILES string of the molecule is O=C(NCc1cccnc1-n1cccn1)N1CCSCC1. The molecule has 2 aromatic rings. The van der Waals surface area contributed by atoms with Crippen LogP contribution in [-0.2, 0) is 6.54 Å². The van der Waals surface area contributed by atoms with Crippen LogP contribution in [0.2, 0.25) is 0 Å². The van der Waals surface area contributed by atoms with Gasteiger partial charge in [-0.3, -0.25) is 0 Å². The number of amides is 2. The highest BCUT2D eigenvalue weighted by Crippen LogP contribution is 2.11. The number of aromatic nitrogens is 3. The summed E-state index contributed by atoms with van der Waals surface area (Å²) in [5.41, 5.74) is 0.945. The standard InChI is InChI=1S/C14H17N5OS/c20-14(18-7-9-21-10-8-18)16-11-12-3-1-4-15-13(12)19-6-2-5-17-19/h1-6H,7-11H2,(H,16,20). The van der Waals surface area contributed by atoms with Crippen molar-refractivity contribution < 1.29 is 4.79 Å². The molecule has 1 aliphatic rings. The largest absolute Gasteiger partial charge is 0.334 e. The summed E-state index contributed by atoms with van der Waals surface area (Å²) in [5, 5.41) is 7.16. The molecule has 0 aliphatic carbocycles. The first-order valence-electron chi connectivity index (χ1n) is 6.89. The monoisotopic (exact) mass is 303 g/mol. The Kier molecular flexibility index (Phi) is 4.40. The smallest absolute Gasteiger partial charge is 0.317 e. The van der Waals surface area contributed by atoms with Crippen molar-refractivity contribution >= 4 is 17.8 Å². The first kappa shape index (κ1) is 13.9. The van der Waals surface area contributed by atoms with E-state index in [9.17, 15) is 4.79 Å². The minimum atomic E-state index is -0.00873. The van der Waals surface area contributed by atoms with Crippen LogP contribution in [0.4, 0.5) is 4.79 Å². The Morgan fingerprint density at radius 2 is 2.14 bits per heavy atom. The maximum atomic E-state index is 12.1. The lowest BCUT2D eigenvalue weighted by Gasteiger charge is -2.26. The van der Waals surface area contributed by atoms with Crippen molar-refractivity contribution in [3.8, 4) is 5.82 Å². The average Bonchev–Trinajstić information content (AvgIpc) is 3.08. The summed E-state index contributed by atoms with van der Waals surface area (Å²) < 4.78 is 1.71. The number of hydrogen-bond donors (Lipinski definition) is 1. The highest BCUT2D eigenvalue weighted by atomic mass is 32.2. The van der Waals surface area contributed by atoms with Gasteiger partial charge in [-0.15, -0.1) is 0 Å². The second-order valence-corrected chi connectivity index (χ2v) is 5.92. The van der Waals surface area contributed by atoms with Gasteiger partial charge in [0.15, 0.2) is 5.82 Å². The van der Waals surface area contributed by atoms with Crippen LogP contribution in [0.25, 0.3) is 5.82 Å². The Balaban J connectivity index is 1.66. The Morgan fingerprint density at radius 1 is 1.29 bits per heavy atom. The van der Waals surface area contributed by atoms with Crippen LogP contribution >= 0.6 is 11.8 Å². The van der Waals surface area contributed by atoms with Crippen molar-refractivity contribution in [3.63, 3.8) is 0 Å². The lowest BCUT2D eigenvalue weighted by molar-refractivity contribution is 0.202. The summed E-state index contributed by atoms with van der Waals surface area (Å²) in [7, 11) is 0. The van der Waals surface area contributed by atoms with Crippen LogP contribution in [0.5, 0.6) is 0 Å². The molecule has 3 rings (SSSR count). The minimum Gasteiger partial charge on any atom is -0.334 e. The zero-order valence-corrected chi connectivity index (χ0v) is 12.4. The number of hydrogen-bond acceptors (Lipinski definition) is 4. The highest BCUT2D eigenvalue weighted by Gasteiger charge is 2.16. The molecule has 0 bridgehead atoms.